The Kier molecular flexibility index (Phi) is 6.47. The molecular formula is C33H25N5O2S. The van der Waals surface area contributed by atoms with Gasteiger partial charge < -0.3 is 14.7 Å². The molecule has 0 aliphatic rings. The number of nitrogens with zero attached hydrogens (tertiary/aromatic N) is 4. The first-order valence-corrected chi connectivity index (χ1v) is 14.1. The summed E-state index contributed by atoms with van der Waals surface area (Å²) in [7, 11) is 0. The lowest BCUT2D eigenvalue weighted by Gasteiger charge is -2.15. The number of benzene rings is 3. The molecule has 0 fully saturated rings. The monoisotopic (exact) mass is 555 g/mol. The van der Waals surface area contributed by atoms with Crippen molar-refractivity contribution in [2.24, 2.45) is 0 Å². The number of imidazole rings is 1. The molecule has 0 saturated heterocycles. The van der Waals surface area contributed by atoms with Crippen molar-refractivity contribution >= 4 is 33.4 Å². The second kappa shape index (κ2) is 10.6. The first-order chi connectivity index (χ1) is 20.1. The van der Waals surface area contributed by atoms with Crippen LogP contribution in [0.3, 0.4) is 0 Å². The lowest BCUT2D eigenvalue weighted by Crippen LogP contribution is -2.15. The smallest absolute Gasteiger partial charge is 0.270 e. The van der Waals surface area contributed by atoms with E-state index in [2.05, 4.69) is 26.7 Å². The molecule has 0 radical (unpaired) electrons. The highest BCUT2D eigenvalue weighted by Gasteiger charge is 2.20. The van der Waals surface area contributed by atoms with Gasteiger partial charge in [-0.2, -0.15) is 0 Å². The molecule has 1 unspecified atom stereocenters. The number of nitrogens with one attached hydrogen (secondary N) is 1. The van der Waals surface area contributed by atoms with Crippen LogP contribution in [0, 0.1) is 0 Å². The van der Waals surface area contributed by atoms with Crippen LogP contribution in [0.1, 0.15) is 22.9 Å². The van der Waals surface area contributed by atoms with Crippen LogP contribution in [0.5, 0.6) is 0 Å². The van der Waals surface area contributed by atoms with Crippen molar-refractivity contribution in [3.63, 3.8) is 0 Å². The number of aromatic nitrogens is 5. The highest BCUT2D eigenvalue weighted by Crippen LogP contribution is 2.36. The number of hydrogen-bond acceptors (Lipinski definition) is 6. The fraction of sp³-hybridized carbons (Fsp3) is 0.0909. The fourth-order valence-electron chi connectivity index (χ4n) is 5.11. The maximum absolute atomic E-state index is 12.9. The average Bonchev–Trinajstić information content (AvgIpc) is 3.63. The quantitative estimate of drug-likeness (QED) is 0.238. The summed E-state index contributed by atoms with van der Waals surface area (Å²) < 4.78 is 2.05. The molecule has 0 aliphatic heterocycles. The lowest BCUT2D eigenvalue weighted by molar-refractivity contribution is 0.158. The lowest BCUT2D eigenvalue weighted by atomic mass is 10.1. The van der Waals surface area contributed by atoms with Crippen molar-refractivity contribution < 1.29 is 5.11 Å². The van der Waals surface area contributed by atoms with E-state index >= 15 is 0 Å². The van der Waals surface area contributed by atoms with E-state index in [9.17, 15) is 9.90 Å². The zero-order valence-electron chi connectivity index (χ0n) is 21.9. The second-order valence-corrected chi connectivity index (χ2v) is 11.0. The number of aromatic amines is 1. The summed E-state index contributed by atoms with van der Waals surface area (Å²) in [4.78, 5) is 31.9. The minimum Gasteiger partial charge on any atom is -0.387 e. The normalized spacial score (nSPS) is 12.2. The van der Waals surface area contributed by atoms with Gasteiger partial charge in [0.05, 0.1) is 39.6 Å². The molecule has 0 aliphatic carbocycles. The number of pyridine rings is 1. The zero-order valence-corrected chi connectivity index (χ0v) is 22.8. The summed E-state index contributed by atoms with van der Waals surface area (Å²) in [6, 6.07) is 31.4. The van der Waals surface area contributed by atoms with Gasteiger partial charge >= 0.3 is 0 Å². The Balaban J connectivity index is 1.37. The zero-order chi connectivity index (χ0) is 27.8. The standard InChI is InChI=1S/C33H25N5O2S/c39-29(22-9-5-2-6-10-22)20-38-28-19-25-24(37-33(40)27(35-25)17-21-7-3-1-4-8-21)18-26(28)36-32(38)31-12-11-30(41-31)23-13-15-34-16-14-23/h1-16,18-19,29,39H,17,20H2,(H,37,40). The largest absolute Gasteiger partial charge is 0.387 e. The van der Waals surface area contributed by atoms with Gasteiger partial charge in [-0.05, 0) is 53.1 Å². The summed E-state index contributed by atoms with van der Waals surface area (Å²) >= 11 is 1.64. The van der Waals surface area contributed by atoms with Gasteiger partial charge in [0.25, 0.3) is 5.56 Å². The van der Waals surface area contributed by atoms with Crippen molar-refractivity contribution in [3.8, 4) is 21.1 Å². The molecule has 7 rings (SSSR count). The van der Waals surface area contributed by atoms with E-state index in [0.29, 0.717) is 29.7 Å². The van der Waals surface area contributed by atoms with Crippen LogP contribution in [0.4, 0.5) is 0 Å². The maximum Gasteiger partial charge on any atom is 0.270 e. The third-order valence-corrected chi connectivity index (χ3v) is 8.31. The molecule has 41 heavy (non-hydrogen) atoms. The molecule has 2 N–H and O–H groups in total. The highest BCUT2D eigenvalue weighted by atomic mass is 32.1. The molecule has 1 atom stereocenters. The van der Waals surface area contributed by atoms with Crippen LogP contribution in [0.15, 0.2) is 114 Å². The van der Waals surface area contributed by atoms with Gasteiger partial charge in [0.2, 0.25) is 0 Å². The Morgan fingerprint density at radius 2 is 1.56 bits per heavy atom. The third-order valence-electron chi connectivity index (χ3n) is 7.18. The second-order valence-electron chi connectivity index (χ2n) is 9.91. The molecule has 0 spiro atoms. The minimum absolute atomic E-state index is 0.208. The Labute approximate surface area is 239 Å². The summed E-state index contributed by atoms with van der Waals surface area (Å²) in [5.74, 6) is 0.752. The van der Waals surface area contributed by atoms with E-state index in [0.717, 1.165) is 43.3 Å². The number of fused-ring (bicyclic) bond motifs is 2. The molecule has 3 aromatic carbocycles. The van der Waals surface area contributed by atoms with Crippen molar-refractivity contribution in [3.05, 3.63) is 137 Å². The SMILES string of the molecule is O=c1[nH]c2cc3nc(-c4ccc(-c5ccncc5)s4)n(CC(O)c4ccccc4)c3cc2nc1Cc1ccccc1. The first kappa shape index (κ1) is 25.1. The van der Waals surface area contributed by atoms with E-state index in [1.54, 1.807) is 23.7 Å². The van der Waals surface area contributed by atoms with Gasteiger partial charge in [-0.3, -0.25) is 9.78 Å². The molecule has 0 amide bonds. The van der Waals surface area contributed by atoms with Gasteiger partial charge in [-0.25, -0.2) is 9.97 Å². The number of hydrogen-bond donors (Lipinski definition) is 2. The molecule has 7 nitrogen and oxygen atoms in total. The van der Waals surface area contributed by atoms with Crippen LogP contribution < -0.4 is 5.56 Å². The van der Waals surface area contributed by atoms with Crippen molar-refractivity contribution in [1.82, 2.24) is 24.5 Å². The summed E-state index contributed by atoms with van der Waals surface area (Å²) in [5, 5.41) is 11.2. The van der Waals surface area contributed by atoms with Crippen LogP contribution in [0.2, 0.25) is 0 Å². The third kappa shape index (κ3) is 4.95. The molecule has 0 saturated carbocycles. The Hall–Kier alpha value is -4.92. The molecule has 7 aromatic rings. The minimum atomic E-state index is -0.736. The van der Waals surface area contributed by atoms with E-state index in [1.807, 2.05) is 84.9 Å². The number of rotatable bonds is 7. The molecular weight excluding hydrogens is 530 g/mol. The Bertz CT molecular complexity index is 2030. The number of aliphatic hydroxyl groups excluding tert-OH is 1. The van der Waals surface area contributed by atoms with E-state index in [-0.39, 0.29) is 5.56 Å². The predicted octanol–water partition coefficient (Wildman–Crippen LogP) is 6.39. The fourth-order valence-corrected chi connectivity index (χ4v) is 6.12. The summed E-state index contributed by atoms with van der Waals surface area (Å²) in [6.45, 7) is 0.310. The maximum atomic E-state index is 12.9. The predicted molar refractivity (Wildman–Crippen MR) is 163 cm³/mol. The molecule has 4 heterocycles. The van der Waals surface area contributed by atoms with Crippen LogP contribution >= 0.6 is 11.3 Å². The van der Waals surface area contributed by atoms with E-state index in [4.69, 9.17) is 9.97 Å². The average molecular weight is 556 g/mol. The van der Waals surface area contributed by atoms with Gasteiger partial charge in [0.1, 0.15) is 5.69 Å². The van der Waals surface area contributed by atoms with Crippen LogP contribution in [-0.4, -0.2) is 29.6 Å². The molecule has 200 valence electrons. The Morgan fingerprint density at radius 3 is 2.34 bits per heavy atom. The molecule has 0 bridgehead atoms. The summed E-state index contributed by atoms with van der Waals surface area (Å²) in [6.07, 6.45) is 3.27. The van der Waals surface area contributed by atoms with Gasteiger partial charge in [-0.15, -0.1) is 11.3 Å². The van der Waals surface area contributed by atoms with Crippen LogP contribution in [0.25, 0.3) is 43.2 Å². The van der Waals surface area contributed by atoms with Gasteiger partial charge in [-0.1, -0.05) is 60.7 Å². The van der Waals surface area contributed by atoms with Crippen molar-refractivity contribution in [2.75, 3.05) is 0 Å². The number of thiophene rings is 1. The first-order valence-electron chi connectivity index (χ1n) is 13.3. The van der Waals surface area contributed by atoms with E-state index in [1.165, 1.54) is 0 Å². The van der Waals surface area contributed by atoms with E-state index < -0.39 is 6.10 Å². The van der Waals surface area contributed by atoms with Crippen LogP contribution in [-0.2, 0) is 13.0 Å². The molecule has 4 aromatic heterocycles. The number of aliphatic hydroxyl groups is 1. The molecule has 8 heteroatoms. The van der Waals surface area contributed by atoms with Crippen molar-refractivity contribution in [1.29, 1.82) is 0 Å². The van der Waals surface area contributed by atoms with Gasteiger partial charge in [0, 0.05) is 23.7 Å². The number of H-pyrrole nitrogens is 1. The topological polar surface area (TPSA) is 96.7 Å². The Morgan fingerprint density at radius 1 is 0.829 bits per heavy atom. The van der Waals surface area contributed by atoms with Crippen molar-refractivity contribution in [2.45, 2.75) is 19.1 Å². The highest BCUT2D eigenvalue weighted by molar-refractivity contribution is 7.18. The van der Waals surface area contributed by atoms with Gasteiger partial charge in [0.15, 0.2) is 5.82 Å². The summed E-state index contributed by atoms with van der Waals surface area (Å²) in [5.41, 5.74) is 6.05.